The quantitative estimate of drug-likeness (QED) is 0.851. The monoisotopic (exact) mass is 289 g/mol. The van der Waals surface area contributed by atoms with Crippen LogP contribution in [0, 0.1) is 0 Å². The van der Waals surface area contributed by atoms with E-state index in [9.17, 15) is 0 Å². The summed E-state index contributed by atoms with van der Waals surface area (Å²) in [5.74, 6) is 1.50. The zero-order valence-electron chi connectivity index (χ0n) is 13.0. The number of nitrogens with zero attached hydrogens (tertiary/aromatic N) is 2. The van der Waals surface area contributed by atoms with Gasteiger partial charge in [-0.15, -0.1) is 0 Å². The molecular weight excluding hydrogens is 266 g/mol. The van der Waals surface area contributed by atoms with E-state index in [1.165, 1.54) is 0 Å². The molecule has 0 spiro atoms. The summed E-state index contributed by atoms with van der Waals surface area (Å²) in [5, 5.41) is 7.80. The molecule has 1 heterocycles. The lowest BCUT2D eigenvalue weighted by atomic mass is 10.1. The first-order valence-electron chi connectivity index (χ1n) is 7.09. The van der Waals surface area contributed by atoms with Gasteiger partial charge in [0.2, 0.25) is 0 Å². The van der Waals surface area contributed by atoms with Gasteiger partial charge in [0.05, 0.1) is 20.3 Å². The summed E-state index contributed by atoms with van der Waals surface area (Å²) < 4.78 is 12.5. The highest BCUT2D eigenvalue weighted by atomic mass is 16.5. The van der Waals surface area contributed by atoms with Gasteiger partial charge >= 0.3 is 0 Å². The summed E-state index contributed by atoms with van der Waals surface area (Å²) in [6.07, 6.45) is 3.79. The van der Waals surface area contributed by atoms with Gasteiger partial charge in [-0.2, -0.15) is 5.10 Å². The van der Waals surface area contributed by atoms with Gasteiger partial charge in [0.1, 0.15) is 0 Å². The van der Waals surface area contributed by atoms with Gasteiger partial charge in [-0.25, -0.2) is 0 Å². The Balaban J connectivity index is 1.96. The van der Waals surface area contributed by atoms with Gasteiger partial charge in [0.25, 0.3) is 0 Å². The number of aromatic nitrogens is 2. The maximum atomic E-state index is 5.32. The van der Waals surface area contributed by atoms with Crippen molar-refractivity contribution in [2.75, 3.05) is 14.2 Å². The first-order valence-corrected chi connectivity index (χ1v) is 7.09. The highest BCUT2D eigenvalue weighted by Gasteiger charge is 2.14. The van der Waals surface area contributed by atoms with E-state index >= 15 is 0 Å². The summed E-state index contributed by atoms with van der Waals surface area (Å²) in [6, 6.07) is 8.50. The van der Waals surface area contributed by atoms with Crippen molar-refractivity contribution in [1.82, 2.24) is 15.1 Å². The molecule has 0 aliphatic carbocycles. The smallest absolute Gasteiger partial charge is 0.161 e. The van der Waals surface area contributed by atoms with Gasteiger partial charge in [0.15, 0.2) is 11.5 Å². The molecule has 0 bridgehead atoms. The van der Waals surface area contributed by atoms with Gasteiger partial charge in [-0.1, -0.05) is 6.07 Å². The van der Waals surface area contributed by atoms with E-state index < -0.39 is 0 Å². The van der Waals surface area contributed by atoms with E-state index in [-0.39, 0.29) is 0 Å². The molecule has 2 rings (SSSR count). The van der Waals surface area contributed by atoms with E-state index in [0.717, 1.165) is 23.6 Å². The van der Waals surface area contributed by atoms with Crippen LogP contribution < -0.4 is 14.8 Å². The Morgan fingerprint density at radius 3 is 2.57 bits per heavy atom. The highest BCUT2D eigenvalue weighted by molar-refractivity contribution is 5.42. The molecule has 0 aliphatic rings. The van der Waals surface area contributed by atoms with Crippen molar-refractivity contribution in [3.05, 3.63) is 42.2 Å². The fourth-order valence-corrected chi connectivity index (χ4v) is 2.19. The SMILES string of the molecule is COc1ccc(CN[C@@H](C)[C@@H](C)n2cccn2)cc1OC. The lowest BCUT2D eigenvalue weighted by Gasteiger charge is -2.22. The van der Waals surface area contributed by atoms with Crippen LogP contribution in [0.15, 0.2) is 36.7 Å². The zero-order valence-corrected chi connectivity index (χ0v) is 13.0. The van der Waals surface area contributed by atoms with Crippen molar-refractivity contribution in [1.29, 1.82) is 0 Å². The summed E-state index contributed by atoms with van der Waals surface area (Å²) >= 11 is 0. The third-order valence-electron chi connectivity index (χ3n) is 3.74. The molecule has 0 fully saturated rings. The van der Waals surface area contributed by atoms with Gasteiger partial charge < -0.3 is 14.8 Å². The second kappa shape index (κ2) is 7.13. The molecule has 0 aliphatic heterocycles. The van der Waals surface area contributed by atoms with Crippen LogP contribution in [0.3, 0.4) is 0 Å². The largest absolute Gasteiger partial charge is 0.493 e. The molecule has 21 heavy (non-hydrogen) atoms. The van der Waals surface area contributed by atoms with E-state index in [0.29, 0.717) is 12.1 Å². The van der Waals surface area contributed by atoms with E-state index in [1.807, 2.05) is 35.1 Å². The zero-order chi connectivity index (χ0) is 15.2. The Hall–Kier alpha value is -2.01. The standard InChI is InChI=1S/C16H23N3O2/c1-12(13(2)19-9-5-8-18-19)17-11-14-6-7-15(20-3)16(10-14)21-4/h5-10,12-13,17H,11H2,1-4H3/t12-,13+/m0/s1. The minimum Gasteiger partial charge on any atom is -0.493 e. The van der Waals surface area contributed by atoms with Crippen LogP contribution in [-0.4, -0.2) is 30.0 Å². The molecule has 1 aromatic heterocycles. The maximum absolute atomic E-state index is 5.32. The number of rotatable bonds is 7. The van der Waals surface area contributed by atoms with Crippen LogP contribution in [0.2, 0.25) is 0 Å². The van der Waals surface area contributed by atoms with Crippen molar-refractivity contribution in [2.24, 2.45) is 0 Å². The number of nitrogens with one attached hydrogen (secondary N) is 1. The minimum atomic E-state index is 0.292. The number of methoxy groups -OCH3 is 2. The topological polar surface area (TPSA) is 48.3 Å². The predicted octanol–water partition coefficient (Wildman–Crippen LogP) is 2.64. The van der Waals surface area contributed by atoms with Gasteiger partial charge in [0, 0.05) is 25.0 Å². The van der Waals surface area contributed by atoms with Crippen LogP contribution in [0.5, 0.6) is 11.5 Å². The fraction of sp³-hybridized carbons (Fsp3) is 0.438. The summed E-state index contributed by atoms with van der Waals surface area (Å²) in [5.41, 5.74) is 1.16. The predicted molar refractivity (Wildman–Crippen MR) is 82.8 cm³/mol. The van der Waals surface area contributed by atoms with E-state index in [2.05, 4.69) is 24.3 Å². The third-order valence-corrected chi connectivity index (χ3v) is 3.74. The molecule has 2 aromatic rings. The van der Waals surface area contributed by atoms with Crippen molar-refractivity contribution in [2.45, 2.75) is 32.5 Å². The molecule has 2 atom stereocenters. The summed E-state index contributed by atoms with van der Waals surface area (Å²) in [4.78, 5) is 0. The van der Waals surface area contributed by atoms with Crippen molar-refractivity contribution in [3.63, 3.8) is 0 Å². The number of ether oxygens (including phenoxy) is 2. The first kappa shape index (κ1) is 15.4. The fourth-order valence-electron chi connectivity index (χ4n) is 2.19. The van der Waals surface area contributed by atoms with E-state index in [4.69, 9.17) is 9.47 Å². The second-order valence-electron chi connectivity index (χ2n) is 5.09. The molecule has 0 saturated carbocycles. The maximum Gasteiger partial charge on any atom is 0.161 e. The van der Waals surface area contributed by atoms with Crippen LogP contribution in [0.1, 0.15) is 25.5 Å². The van der Waals surface area contributed by atoms with Gasteiger partial charge in [-0.3, -0.25) is 4.68 Å². The Bertz CT molecular complexity index is 555. The second-order valence-corrected chi connectivity index (χ2v) is 5.09. The average Bonchev–Trinajstić information content (AvgIpc) is 3.05. The Kier molecular flexibility index (Phi) is 5.22. The molecule has 0 amide bonds. The highest BCUT2D eigenvalue weighted by Crippen LogP contribution is 2.27. The molecular formula is C16H23N3O2. The molecule has 1 aromatic carbocycles. The molecule has 5 heteroatoms. The van der Waals surface area contributed by atoms with Gasteiger partial charge in [-0.05, 0) is 37.6 Å². The molecule has 114 valence electrons. The Morgan fingerprint density at radius 2 is 1.95 bits per heavy atom. The third kappa shape index (κ3) is 3.76. The van der Waals surface area contributed by atoms with Crippen molar-refractivity contribution < 1.29 is 9.47 Å². The number of benzene rings is 1. The van der Waals surface area contributed by atoms with Crippen LogP contribution in [0.25, 0.3) is 0 Å². The number of hydrogen-bond donors (Lipinski definition) is 1. The average molecular weight is 289 g/mol. The molecule has 1 N–H and O–H groups in total. The van der Waals surface area contributed by atoms with Crippen LogP contribution in [-0.2, 0) is 6.54 Å². The Morgan fingerprint density at radius 1 is 1.19 bits per heavy atom. The van der Waals surface area contributed by atoms with Crippen molar-refractivity contribution in [3.8, 4) is 11.5 Å². The first-order chi connectivity index (χ1) is 10.2. The van der Waals surface area contributed by atoms with Crippen LogP contribution >= 0.6 is 0 Å². The number of hydrogen-bond acceptors (Lipinski definition) is 4. The summed E-state index contributed by atoms with van der Waals surface area (Å²) in [6.45, 7) is 5.08. The molecule has 0 saturated heterocycles. The minimum absolute atomic E-state index is 0.292. The van der Waals surface area contributed by atoms with Crippen LogP contribution in [0.4, 0.5) is 0 Å². The lowest BCUT2D eigenvalue weighted by molar-refractivity contribution is 0.352. The lowest BCUT2D eigenvalue weighted by Crippen LogP contribution is -2.33. The Labute approximate surface area is 125 Å². The molecule has 0 radical (unpaired) electrons. The molecule has 0 unspecified atom stereocenters. The van der Waals surface area contributed by atoms with E-state index in [1.54, 1.807) is 20.4 Å². The summed E-state index contributed by atoms with van der Waals surface area (Å²) in [7, 11) is 3.29. The molecule has 5 nitrogen and oxygen atoms in total. The normalized spacial score (nSPS) is 13.7. The van der Waals surface area contributed by atoms with Crippen molar-refractivity contribution >= 4 is 0 Å².